The van der Waals surface area contributed by atoms with Gasteiger partial charge in [-0.3, -0.25) is 4.90 Å². The summed E-state index contributed by atoms with van der Waals surface area (Å²) in [5.41, 5.74) is 2.21. The van der Waals surface area contributed by atoms with Crippen molar-refractivity contribution in [1.29, 1.82) is 5.26 Å². The normalized spacial score (nSPS) is 20.2. The van der Waals surface area contributed by atoms with Crippen LogP contribution in [0.15, 0.2) is 24.3 Å². The minimum absolute atomic E-state index is 0.198. The second-order valence-corrected chi connectivity index (χ2v) is 7.19. The Hall–Kier alpha value is -1.37. The van der Waals surface area contributed by atoms with Gasteiger partial charge in [-0.2, -0.15) is 5.26 Å². The molecule has 1 atom stereocenters. The average Bonchev–Trinajstić information content (AvgIpc) is 2.45. The highest BCUT2D eigenvalue weighted by Gasteiger charge is 2.21. The molecule has 1 aliphatic rings. The zero-order valence-electron chi connectivity index (χ0n) is 13.5. The second-order valence-electron chi connectivity index (χ2n) is 7.19. The van der Waals surface area contributed by atoms with Gasteiger partial charge in [-0.05, 0) is 70.3 Å². The molecule has 1 fully saturated rings. The van der Waals surface area contributed by atoms with Crippen LogP contribution in [0.3, 0.4) is 0 Å². The molecule has 1 heterocycles. The first kappa shape index (κ1) is 16.0. The Labute approximate surface area is 129 Å². The van der Waals surface area contributed by atoms with Crippen LogP contribution in [0.1, 0.15) is 44.7 Å². The highest BCUT2D eigenvalue weighted by atomic mass is 15.1. The molecule has 3 heteroatoms. The quantitative estimate of drug-likeness (QED) is 0.923. The summed E-state index contributed by atoms with van der Waals surface area (Å²) in [4.78, 5) is 2.52. The lowest BCUT2D eigenvalue weighted by atomic mass is 9.96. The summed E-state index contributed by atoms with van der Waals surface area (Å²) < 4.78 is 0. The molecular formula is C18H27N3. The molecule has 0 bridgehead atoms. The number of benzene rings is 1. The third-order valence-corrected chi connectivity index (χ3v) is 3.99. The van der Waals surface area contributed by atoms with Gasteiger partial charge in [0.25, 0.3) is 0 Å². The van der Waals surface area contributed by atoms with E-state index in [1.165, 1.54) is 24.9 Å². The minimum Gasteiger partial charge on any atom is -0.312 e. The molecule has 1 unspecified atom stereocenters. The standard InChI is InChI=1S/C18H27N3/c1-18(2,3)20-12-17-8-5-9-21(14-17)13-16-7-4-6-15(10-16)11-19/h4,6-7,10,17,20H,5,8-9,12-14H2,1-3H3. The van der Waals surface area contributed by atoms with E-state index in [0.717, 1.165) is 31.1 Å². The van der Waals surface area contributed by atoms with Gasteiger partial charge in [0.15, 0.2) is 0 Å². The van der Waals surface area contributed by atoms with Gasteiger partial charge in [-0.25, -0.2) is 0 Å². The molecule has 0 saturated carbocycles. The fourth-order valence-corrected chi connectivity index (χ4v) is 2.91. The molecule has 1 saturated heterocycles. The van der Waals surface area contributed by atoms with E-state index in [1.807, 2.05) is 18.2 Å². The predicted octanol–water partition coefficient (Wildman–Crippen LogP) is 3.16. The second kappa shape index (κ2) is 7.06. The number of rotatable bonds is 4. The molecule has 0 spiro atoms. The van der Waals surface area contributed by atoms with Crippen molar-refractivity contribution >= 4 is 0 Å². The van der Waals surface area contributed by atoms with Crippen LogP contribution in [0.25, 0.3) is 0 Å². The number of hydrogen-bond acceptors (Lipinski definition) is 3. The molecule has 2 rings (SSSR count). The van der Waals surface area contributed by atoms with Crippen molar-refractivity contribution in [3.8, 4) is 6.07 Å². The summed E-state index contributed by atoms with van der Waals surface area (Å²) in [5, 5.41) is 12.6. The van der Waals surface area contributed by atoms with E-state index in [2.05, 4.69) is 43.1 Å². The first-order chi connectivity index (χ1) is 9.96. The molecule has 1 aromatic carbocycles. The summed E-state index contributed by atoms with van der Waals surface area (Å²) in [6.07, 6.45) is 2.59. The van der Waals surface area contributed by atoms with Crippen molar-refractivity contribution in [1.82, 2.24) is 10.2 Å². The van der Waals surface area contributed by atoms with Crippen LogP contribution in [-0.4, -0.2) is 30.1 Å². The SMILES string of the molecule is CC(C)(C)NCC1CCCN(Cc2cccc(C#N)c2)C1. The van der Waals surface area contributed by atoms with Gasteiger partial charge >= 0.3 is 0 Å². The molecule has 21 heavy (non-hydrogen) atoms. The number of nitrogens with zero attached hydrogens (tertiary/aromatic N) is 2. The lowest BCUT2D eigenvalue weighted by Gasteiger charge is -2.34. The first-order valence-corrected chi connectivity index (χ1v) is 7.93. The summed E-state index contributed by atoms with van der Waals surface area (Å²) in [5.74, 6) is 0.733. The van der Waals surface area contributed by atoms with E-state index in [4.69, 9.17) is 5.26 Å². The summed E-state index contributed by atoms with van der Waals surface area (Å²) >= 11 is 0. The maximum absolute atomic E-state index is 8.98. The van der Waals surface area contributed by atoms with Crippen LogP contribution in [-0.2, 0) is 6.54 Å². The summed E-state index contributed by atoms with van der Waals surface area (Å²) in [6, 6.07) is 10.2. The lowest BCUT2D eigenvalue weighted by Crippen LogP contribution is -2.44. The van der Waals surface area contributed by atoms with E-state index >= 15 is 0 Å². The third-order valence-electron chi connectivity index (χ3n) is 3.99. The summed E-state index contributed by atoms with van der Waals surface area (Å²) in [7, 11) is 0. The van der Waals surface area contributed by atoms with E-state index in [1.54, 1.807) is 0 Å². The number of hydrogen-bond donors (Lipinski definition) is 1. The Morgan fingerprint density at radius 3 is 2.90 bits per heavy atom. The van der Waals surface area contributed by atoms with Crippen molar-refractivity contribution < 1.29 is 0 Å². The van der Waals surface area contributed by atoms with Crippen molar-refractivity contribution in [2.24, 2.45) is 5.92 Å². The van der Waals surface area contributed by atoms with Crippen LogP contribution >= 0.6 is 0 Å². The molecule has 0 aromatic heterocycles. The molecule has 1 N–H and O–H groups in total. The molecule has 3 nitrogen and oxygen atoms in total. The van der Waals surface area contributed by atoms with Gasteiger partial charge in [-0.1, -0.05) is 12.1 Å². The Morgan fingerprint density at radius 2 is 2.19 bits per heavy atom. The number of likely N-dealkylation sites (tertiary alicyclic amines) is 1. The van der Waals surface area contributed by atoms with Crippen LogP contribution in [0.4, 0.5) is 0 Å². The smallest absolute Gasteiger partial charge is 0.0991 e. The van der Waals surface area contributed by atoms with Gasteiger partial charge in [0.2, 0.25) is 0 Å². The van der Waals surface area contributed by atoms with Crippen molar-refractivity contribution in [2.75, 3.05) is 19.6 Å². The number of nitrogens with one attached hydrogen (secondary N) is 1. The highest BCUT2D eigenvalue weighted by Crippen LogP contribution is 2.19. The van der Waals surface area contributed by atoms with Crippen molar-refractivity contribution in [2.45, 2.75) is 45.7 Å². The third kappa shape index (κ3) is 5.49. The van der Waals surface area contributed by atoms with E-state index in [9.17, 15) is 0 Å². The maximum atomic E-state index is 8.98. The molecule has 1 aliphatic heterocycles. The monoisotopic (exact) mass is 285 g/mol. The molecular weight excluding hydrogens is 258 g/mol. The van der Waals surface area contributed by atoms with Gasteiger partial charge in [-0.15, -0.1) is 0 Å². The molecule has 0 amide bonds. The van der Waals surface area contributed by atoms with E-state index in [-0.39, 0.29) is 5.54 Å². The minimum atomic E-state index is 0.198. The Balaban J connectivity index is 1.87. The number of nitriles is 1. The zero-order valence-corrected chi connectivity index (χ0v) is 13.5. The zero-order chi connectivity index (χ0) is 15.3. The topological polar surface area (TPSA) is 39.1 Å². The van der Waals surface area contributed by atoms with Crippen LogP contribution in [0.5, 0.6) is 0 Å². The molecule has 1 aromatic rings. The van der Waals surface area contributed by atoms with Gasteiger partial charge in [0.05, 0.1) is 11.6 Å². The first-order valence-electron chi connectivity index (χ1n) is 7.93. The largest absolute Gasteiger partial charge is 0.312 e. The maximum Gasteiger partial charge on any atom is 0.0991 e. The highest BCUT2D eigenvalue weighted by molar-refractivity contribution is 5.32. The van der Waals surface area contributed by atoms with Crippen LogP contribution in [0.2, 0.25) is 0 Å². The molecule has 114 valence electrons. The lowest BCUT2D eigenvalue weighted by molar-refractivity contribution is 0.160. The Morgan fingerprint density at radius 1 is 1.38 bits per heavy atom. The van der Waals surface area contributed by atoms with Crippen LogP contribution in [0, 0.1) is 17.2 Å². The van der Waals surface area contributed by atoms with Gasteiger partial charge < -0.3 is 5.32 Å². The van der Waals surface area contributed by atoms with Crippen molar-refractivity contribution in [3.63, 3.8) is 0 Å². The predicted molar refractivity (Wildman–Crippen MR) is 86.9 cm³/mol. The Bertz CT molecular complexity index is 496. The van der Waals surface area contributed by atoms with Gasteiger partial charge in [0, 0.05) is 18.6 Å². The average molecular weight is 285 g/mol. The van der Waals surface area contributed by atoms with Crippen LogP contribution < -0.4 is 5.32 Å². The van der Waals surface area contributed by atoms with Gasteiger partial charge in [0.1, 0.15) is 0 Å². The summed E-state index contributed by atoms with van der Waals surface area (Å²) in [6.45, 7) is 11.0. The fourth-order valence-electron chi connectivity index (χ4n) is 2.91. The van der Waals surface area contributed by atoms with E-state index < -0.39 is 0 Å². The fraction of sp³-hybridized carbons (Fsp3) is 0.611. The Kier molecular flexibility index (Phi) is 5.39. The van der Waals surface area contributed by atoms with Crippen molar-refractivity contribution in [3.05, 3.63) is 35.4 Å². The van der Waals surface area contributed by atoms with E-state index in [0.29, 0.717) is 0 Å². The number of piperidine rings is 1. The molecule has 0 aliphatic carbocycles. The molecule has 0 radical (unpaired) electrons.